The van der Waals surface area contributed by atoms with Crippen molar-refractivity contribution in [3.63, 3.8) is 0 Å². The smallest absolute Gasteiger partial charge is 0.270 e. The molecule has 0 aliphatic carbocycles. The molecular formula is C19H21N3O3. The maximum atomic E-state index is 12.7. The van der Waals surface area contributed by atoms with E-state index in [2.05, 4.69) is 4.98 Å². The monoisotopic (exact) mass is 339 g/mol. The lowest BCUT2D eigenvalue weighted by atomic mass is 10.0. The average molecular weight is 339 g/mol. The summed E-state index contributed by atoms with van der Waals surface area (Å²) in [6.45, 7) is 5.20. The molecular weight excluding hydrogens is 318 g/mol. The van der Waals surface area contributed by atoms with Crippen LogP contribution in [0.15, 0.2) is 42.6 Å². The van der Waals surface area contributed by atoms with Gasteiger partial charge in [0.15, 0.2) is 0 Å². The number of amides is 1. The van der Waals surface area contributed by atoms with E-state index in [-0.39, 0.29) is 12.0 Å². The van der Waals surface area contributed by atoms with Crippen LogP contribution in [0, 0.1) is 11.3 Å². The highest BCUT2D eigenvalue weighted by molar-refractivity contribution is 5.93. The second-order valence-electron chi connectivity index (χ2n) is 6.72. The average Bonchev–Trinajstić information content (AvgIpc) is 3.08. The first-order valence-electron chi connectivity index (χ1n) is 8.20. The molecule has 0 unspecified atom stereocenters. The Morgan fingerprint density at radius 3 is 2.88 bits per heavy atom. The highest BCUT2D eigenvalue weighted by Gasteiger charge is 2.36. The minimum Gasteiger partial charge on any atom is -0.491 e. The molecule has 1 aliphatic rings. The Morgan fingerprint density at radius 2 is 2.20 bits per heavy atom. The fourth-order valence-corrected chi connectivity index (χ4v) is 3.00. The van der Waals surface area contributed by atoms with Crippen LogP contribution in [0.1, 0.15) is 29.9 Å². The molecule has 6 heteroatoms. The van der Waals surface area contributed by atoms with Gasteiger partial charge in [0, 0.05) is 12.7 Å². The Labute approximate surface area is 147 Å². The molecule has 0 bridgehead atoms. The molecule has 0 radical (unpaired) electrons. The number of hydrogen-bond acceptors (Lipinski definition) is 4. The van der Waals surface area contributed by atoms with Crippen LogP contribution < -0.4 is 4.74 Å². The van der Waals surface area contributed by atoms with Crippen LogP contribution in [0.3, 0.4) is 0 Å². The summed E-state index contributed by atoms with van der Waals surface area (Å²) in [5.41, 5.74) is 0.389. The van der Waals surface area contributed by atoms with Crippen molar-refractivity contribution in [2.75, 3.05) is 19.7 Å². The number of benzene rings is 1. The second-order valence-corrected chi connectivity index (χ2v) is 6.72. The molecule has 1 aromatic carbocycles. The van der Waals surface area contributed by atoms with Gasteiger partial charge < -0.3 is 19.4 Å². The number of ether oxygens (including phenoxy) is 2. The molecule has 1 N–H and O–H groups in total. The number of para-hydroxylation sites is 1. The van der Waals surface area contributed by atoms with E-state index >= 15 is 0 Å². The van der Waals surface area contributed by atoms with Crippen molar-refractivity contribution in [1.29, 1.82) is 5.26 Å². The van der Waals surface area contributed by atoms with Crippen LogP contribution in [0.2, 0.25) is 0 Å². The number of aromatic amines is 1. The van der Waals surface area contributed by atoms with E-state index in [4.69, 9.17) is 14.7 Å². The zero-order valence-corrected chi connectivity index (χ0v) is 14.4. The highest BCUT2D eigenvalue weighted by atomic mass is 16.5. The number of nitriles is 1. The number of nitrogens with zero attached hydrogens (tertiary/aromatic N) is 2. The number of carbonyl (C=O) groups is 1. The summed E-state index contributed by atoms with van der Waals surface area (Å²) in [6, 6.07) is 13.1. The Hall–Kier alpha value is -2.78. The van der Waals surface area contributed by atoms with Gasteiger partial charge in [-0.3, -0.25) is 4.79 Å². The Balaban J connectivity index is 1.68. The van der Waals surface area contributed by atoms with Crippen molar-refractivity contribution in [3.8, 4) is 11.8 Å². The lowest BCUT2D eigenvalue weighted by Crippen LogP contribution is -2.56. The van der Waals surface area contributed by atoms with Gasteiger partial charge in [-0.1, -0.05) is 18.2 Å². The van der Waals surface area contributed by atoms with E-state index in [1.165, 1.54) is 6.20 Å². The molecule has 130 valence electrons. The first kappa shape index (κ1) is 17.1. The van der Waals surface area contributed by atoms with Gasteiger partial charge in [-0.25, -0.2) is 0 Å². The van der Waals surface area contributed by atoms with Crippen molar-refractivity contribution in [1.82, 2.24) is 9.88 Å². The van der Waals surface area contributed by atoms with Crippen LogP contribution in [-0.2, 0) is 4.74 Å². The molecule has 1 aliphatic heterocycles. The molecule has 1 atom stereocenters. The second kappa shape index (κ2) is 6.99. The van der Waals surface area contributed by atoms with E-state index in [1.54, 1.807) is 11.0 Å². The summed E-state index contributed by atoms with van der Waals surface area (Å²) in [6.07, 6.45) is 1.31. The van der Waals surface area contributed by atoms with E-state index in [0.29, 0.717) is 31.0 Å². The minimum absolute atomic E-state index is 0.136. The zero-order valence-electron chi connectivity index (χ0n) is 14.4. The van der Waals surface area contributed by atoms with E-state index in [1.807, 2.05) is 50.2 Å². The van der Waals surface area contributed by atoms with Gasteiger partial charge in [0.25, 0.3) is 5.91 Å². The fraction of sp³-hybridized carbons (Fsp3) is 0.368. The van der Waals surface area contributed by atoms with Gasteiger partial charge in [0.1, 0.15) is 30.2 Å². The standard InChI is InChI=1S/C19H21N3O3/c1-19(2)13-22(18(23)17-8-14(9-20)10-21-17)11-16(25-19)12-24-15-6-4-3-5-7-15/h3-8,10,16,21H,11-13H2,1-2H3/t16-/m0/s1. The van der Waals surface area contributed by atoms with Crippen molar-refractivity contribution in [3.05, 3.63) is 53.9 Å². The molecule has 0 spiro atoms. The Kier molecular flexibility index (Phi) is 4.77. The Morgan fingerprint density at radius 1 is 1.44 bits per heavy atom. The first-order valence-corrected chi connectivity index (χ1v) is 8.20. The zero-order chi connectivity index (χ0) is 17.9. The lowest BCUT2D eigenvalue weighted by molar-refractivity contribution is -0.136. The SMILES string of the molecule is CC1(C)CN(C(=O)c2cc(C#N)c[nH]2)C[C@@H](COc2ccccc2)O1. The third kappa shape index (κ3) is 4.20. The molecule has 1 fully saturated rings. The third-order valence-electron chi connectivity index (χ3n) is 3.99. The maximum absolute atomic E-state index is 12.7. The van der Waals surface area contributed by atoms with Crippen LogP contribution in [0.5, 0.6) is 5.75 Å². The van der Waals surface area contributed by atoms with Gasteiger partial charge in [0.2, 0.25) is 0 Å². The Bertz CT molecular complexity index is 777. The number of carbonyl (C=O) groups excluding carboxylic acids is 1. The van der Waals surface area contributed by atoms with Crippen molar-refractivity contribution < 1.29 is 14.3 Å². The predicted molar refractivity (Wildman–Crippen MR) is 92.3 cm³/mol. The van der Waals surface area contributed by atoms with E-state index in [9.17, 15) is 4.79 Å². The van der Waals surface area contributed by atoms with Crippen LogP contribution in [0.25, 0.3) is 0 Å². The van der Waals surface area contributed by atoms with Gasteiger partial charge in [-0.2, -0.15) is 5.26 Å². The maximum Gasteiger partial charge on any atom is 0.270 e. The summed E-state index contributed by atoms with van der Waals surface area (Å²) in [5.74, 6) is 0.637. The largest absolute Gasteiger partial charge is 0.491 e. The van der Waals surface area contributed by atoms with Crippen LogP contribution >= 0.6 is 0 Å². The van der Waals surface area contributed by atoms with Gasteiger partial charge in [-0.15, -0.1) is 0 Å². The van der Waals surface area contributed by atoms with E-state index in [0.717, 1.165) is 5.75 Å². The van der Waals surface area contributed by atoms with Crippen LogP contribution in [-0.4, -0.2) is 47.2 Å². The van der Waals surface area contributed by atoms with Crippen molar-refractivity contribution >= 4 is 5.91 Å². The number of nitrogens with one attached hydrogen (secondary N) is 1. The summed E-state index contributed by atoms with van der Waals surface area (Å²) >= 11 is 0. The molecule has 25 heavy (non-hydrogen) atoms. The van der Waals surface area contributed by atoms with Crippen molar-refractivity contribution in [2.24, 2.45) is 0 Å². The molecule has 6 nitrogen and oxygen atoms in total. The third-order valence-corrected chi connectivity index (χ3v) is 3.99. The molecule has 1 amide bonds. The van der Waals surface area contributed by atoms with E-state index < -0.39 is 5.60 Å². The molecule has 1 aromatic heterocycles. The summed E-state index contributed by atoms with van der Waals surface area (Å²) in [7, 11) is 0. The summed E-state index contributed by atoms with van der Waals surface area (Å²) < 4.78 is 11.8. The first-order chi connectivity index (χ1) is 12.0. The number of hydrogen-bond donors (Lipinski definition) is 1. The summed E-state index contributed by atoms with van der Waals surface area (Å²) in [5, 5.41) is 8.91. The quantitative estimate of drug-likeness (QED) is 0.929. The number of morpholine rings is 1. The highest BCUT2D eigenvalue weighted by Crippen LogP contribution is 2.23. The number of aromatic nitrogens is 1. The van der Waals surface area contributed by atoms with Gasteiger partial charge in [0.05, 0.1) is 17.7 Å². The van der Waals surface area contributed by atoms with Crippen molar-refractivity contribution in [2.45, 2.75) is 25.6 Å². The lowest BCUT2D eigenvalue weighted by Gasteiger charge is -2.42. The van der Waals surface area contributed by atoms with Gasteiger partial charge >= 0.3 is 0 Å². The molecule has 1 saturated heterocycles. The molecule has 0 saturated carbocycles. The van der Waals surface area contributed by atoms with Gasteiger partial charge in [-0.05, 0) is 32.0 Å². The van der Waals surface area contributed by atoms with Crippen LogP contribution in [0.4, 0.5) is 0 Å². The fourth-order valence-electron chi connectivity index (χ4n) is 3.00. The normalized spacial score (nSPS) is 19.2. The predicted octanol–water partition coefficient (Wildman–Crippen LogP) is 2.58. The number of H-pyrrole nitrogens is 1. The minimum atomic E-state index is -0.469. The molecule has 2 aromatic rings. The summed E-state index contributed by atoms with van der Waals surface area (Å²) in [4.78, 5) is 17.3. The topological polar surface area (TPSA) is 78.4 Å². The number of rotatable bonds is 4. The molecule has 3 rings (SSSR count). The molecule has 2 heterocycles.